The van der Waals surface area contributed by atoms with Crippen LogP contribution in [0.3, 0.4) is 0 Å². The van der Waals surface area contributed by atoms with Crippen LogP contribution in [0.25, 0.3) is 251 Å². The van der Waals surface area contributed by atoms with Crippen LogP contribution in [-0.2, 0) is 0 Å². The van der Waals surface area contributed by atoms with Gasteiger partial charge in [0, 0.05) is 0 Å². The maximum Gasteiger partial charge on any atom is -0.00199 e. The van der Waals surface area contributed by atoms with E-state index in [0.717, 1.165) is 0 Å². The van der Waals surface area contributed by atoms with Crippen LogP contribution in [0.15, 0.2) is 497 Å². The van der Waals surface area contributed by atoms with Gasteiger partial charge in [0.15, 0.2) is 0 Å². The fraction of sp³-hybridized carbons (Fsp3) is 0. The van der Waals surface area contributed by atoms with Gasteiger partial charge < -0.3 is 0 Å². The molecule has 0 aliphatic carbocycles. The van der Waals surface area contributed by atoms with Crippen molar-refractivity contribution >= 4 is 151 Å². The molecule has 0 amide bonds. The van der Waals surface area contributed by atoms with Gasteiger partial charge in [0.2, 0.25) is 0 Å². The molecule has 0 nitrogen and oxygen atoms in total. The summed E-state index contributed by atoms with van der Waals surface area (Å²) in [4.78, 5) is 0. The topological polar surface area (TPSA) is 0 Å². The third-order valence-corrected chi connectivity index (χ3v) is 26.7. The Morgan fingerprint density at radius 1 is 0.0781 bits per heavy atom. The SMILES string of the molecule is c1ccc(-c2ccc3c(-c4ccc5ccccc5c4)c4ccccc4c(-c4ccc5ccccc5c4)c3c2)cc1.c1ccc2c(-c3ccc4c(-c5cccc6ccccc56)c5ccccc5c(-c5cccc6ccccc56)c4c3)cccc2c1.c1ccc2cc(-c3ccc4c(-c5cccc6ccccc56)c5ccccc5c(-c5cccc6ccccc56)c4c3)ccc2c1. The second kappa shape index (κ2) is 31.9. The summed E-state index contributed by atoms with van der Waals surface area (Å²) in [5, 5.41) is 35.5. The minimum absolute atomic E-state index is 1.23. The Kier molecular flexibility index (Phi) is 18.7. The lowest BCUT2D eigenvalue weighted by Crippen LogP contribution is -1.93. The van der Waals surface area contributed by atoms with Crippen LogP contribution in [0.4, 0.5) is 0 Å². The second-order valence-electron chi connectivity index (χ2n) is 33.9. The first-order valence-electron chi connectivity index (χ1n) is 44.4. The molecule has 128 heavy (non-hydrogen) atoms. The zero-order valence-corrected chi connectivity index (χ0v) is 70.3. The standard InChI is InChI=1S/2C44H28.C40H26/c1-4-18-33-29(12-1)15-9-23-36(33)32-26-27-41-42(28-32)44(38-25-11-17-31-14-3-6-20-35(31)38)40-22-8-7-21-39(40)43(41)37-24-10-16-30-13-2-5-19-34(30)37;1-2-14-32-27-33(24-23-29(32)11-1)34-25-26-41-42(28-34)44(38-22-10-16-31-13-4-6-18-36(31)38)40-20-8-7-19-39(40)43(41)37-21-9-15-30-12-3-5-17-35(30)37;1-2-10-27(11-3-1)32-22-23-37-38(26-32)40(34-21-19-29-13-5-7-15-31(29)25-34)36-17-9-8-16-35(36)39(37)33-20-18-28-12-4-6-14-30(28)24-33/h2*1-28H;1-26H. The molecule has 0 aromatic heterocycles. The van der Waals surface area contributed by atoms with E-state index >= 15 is 0 Å². The highest BCUT2D eigenvalue weighted by Gasteiger charge is 2.25. The largest absolute Gasteiger partial charge is 0.0622 e. The van der Waals surface area contributed by atoms with Crippen molar-refractivity contribution in [2.24, 2.45) is 0 Å². The Morgan fingerprint density at radius 2 is 0.281 bits per heavy atom. The van der Waals surface area contributed by atoms with Gasteiger partial charge in [0.1, 0.15) is 0 Å². The summed E-state index contributed by atoms with van der Waals surface area (Å²) in [5.41, 5.74) is 22.7. The number of benzene rings is 26. The minimum atomic E-state index is 1.23. The van der Waals surface area contributed by atoms with Gasteiger partial charge in [-0.05, 0) is 287 Å². The molecule has 0 spiro atoms. The lowest BCUT2D eigenvalue weighted by Gasteiger charge is -2.20. The van der Waals surface area contributed by atoms with Gasteiger partial charge >= 0.3 is 0 Å². The third kappa shape index (κ3) is 13.2. The molecule has 0 N–H and O–H groups in total. The molecular weight excluding hydrogens is 1540 g/mol. The maximum atomic E-state index is 2.44. The van der Waals surface area contributed by atoms with Gasteiger partial charge in [-0.15, -0.1) is 0 Å². The Labute approximate surface area is 743 Å². The molecule has 0 aliphatic heterocycles. The summed E-state index contributed by atoms with van der Waals surface area (Å²) in [6, 6.07) is 182. The fourth-order valence-electron chi connectivity index (χ4n) is 20.8. The lowest BCUT2D eigenvalue weighted by molar-refractivity contribution is 1.64. The normalized spacial score (nSPS) is 11.6. The molecule has 26 aromatic carbocycles. The van der Waals surface area contributed by atoms with Gasteiger partial charge in [-0.1, -0.05) is 461 Å². The van der Waals surface area contributed by atoms with E-state index in [9.17, 15) is 0 Å². The minimum Gasteiger partial charge on any atom is -0.0622 e. The molecular formula is C128H82. The van der Waals surface area contributed by atoms with Crippen LogP contribution in [0.2, 0.25) is 0 Å². The molecule has 594 valence electrons. The molecule has 0 heterocycles. The first-order chi connectivity index (χ1) is 63.5. The zero-order chi connectivity index (χ0) is 84.5. The Balaban J connectivity index is 0.000000107. The quantitative estimate of drug-likeness (QED) is 0.126. The highest BCUT2D eigenvalue weighted by Crippen LogP contribution is 2.52. The second-order valence-corrected chi connectivity index (χ2v) is 33.9. The molecule has 0 fully saturated rings. The van der Waals surface area contributed by atoms with Crippen molar-refractivity contribution in [3.63, 3.8) is 0 Å². The maximum absolute atomic E-state index is 2.44. The Hall–Kier alpha value is -16.6. The number of fused-ring (bicyclic) bond motifs is 14. The number of hydrogen-bond acceptors (Lipinski definition) is 0. The highest BCUT2D eigenvalue weighted by molar-refractivity contribution is 6.29. The summed E-state index contributed by atoms with van der Waals surface area (Å²) in [6.07, 6.45) is 0. The predicted octanol–water partition coefficient (Wildman–Crippen LogP) is 36.2. The van der Waals surface area contributed by atoms with E-state index in [1.165, 1.54) is 251 Å². The smallest absolute Gasteiger partial charge is 0.00199 e. The van der Waals surface area contributed by atoms with Crippen LogP contribution in [0, 0.1) is 0 Å². The third-order valence-electron chi connectivity index (χ3n) is 26.7. The summed E-state index contributed by atoms with van der Waals surface area (Å²) in [5.74, 6) is 0. The van der Waals surface area contributed by atoms with Gasteiger partial charge in [-0.2, -0.15) is 0 Å². The van der Waals surface area contributed by atoms with Gasteiger partial charge in [0.05, 0.1) is 0 Å². The van der Waals surface area contributed by atoms with Crippen molar-refractivity contribution in [2.45, 2.75) is 0 Å². The van der Waals surface area contributed by atoms with Crippen LogP contribution in [-0.4, -0.2) is 0 Å². The van der Waals surface area contributed by atoms with E-state index in [0.29, 0.717) is 0 Å². The van der Waals surface area contributed by atoms with Gasteiger partial charge in [-0.25, -0.2) is 0 Å². The average molecular weight is 1620 g/mol. The predicted molar refractivity (Wildman–Crippen MR) is 553 cm³/mol. The van der Waals surface area contributed by atoms with Crippen molar-refractivity contribution in [1.29, 1.82) is 0 Å². The van der Waals surface area contributed by atoms with Crippen molar-refractivity contribution in [3.8, 4) is 100 Å². The Morgan fingerprint density at radius 3 is 0.648 bits per heavy atom. The molecule has 0 aliphatic rings. The molecule has 0 radical (unpaired) electrons. The first kappa shape index (κ1) is 75.1. The summed E-state index contributed by atoms with van der Waals surface area (Å²) in [6.45, 7) is 0. The lowest BCUT2D eigenvalue weighted by atomic mass is 9.82. The molecule has 0 heteroatoms. The fourth-order valence-corrected chi connectivity index (χ4v) is 20.8. The first-order valence-corrected chi connectivity index (χ1v) is 44.4. The van der Waals surface area contributed by atoms with E-state index in [2.05, 4.69) is 497 Å². The van der Waals surface area contributed by atoms with E-state index in [-0.39, 0.29) is 0 Å². The average Bonchev–Trinajstić information content (AvgIpc) is 0.724. The van der Waals surface area contributed by atoms with Crippen molar-refractivity contribution in [2.75, 3.05) is 0 Å². The Bertz CT molecular complexity index is 8920. The number of rotatable bonds is 9. The molecule has 0 unspecified atom stereocenters. The molecule has 0 bridgehead atoms. The summed E-state index contributed by atoms with van der Waals surface area (Å²) >= 11 is 0. The van der Waals surface area contributed by atoms with Crippen LogP contribution in [0.5, 0.6) is 0 Å². The van der Waals surface area contributed by atoms with Crippen LogP contribution in [0.1, 0.15) is 0 Å². The van der Waals surface area contributed by atoms with Crippen LogP contribution < -0.4 is 0 Å². The van der Waals surface area contributed by atoms with Crippen molar-refractivity contribution < 1.29 is 0 Å². The number of hydrogen-bond donors (Lipinski definition) is 0. The van der Waals surface area contributed by atoms with E-state index in [1.54, 1.807) is 0 Å². The molecule has 0 atom stereocenters. The van der Waals surface area contributed by atoms with E-state index in [4.69, 9.17) is 0 Å². The van der Waals surface area contributed by atoms with Gasteiger partial charge in [-0.3, -0.25) is 0 Å². The zero-order valence-electron chi connectivity index (χ0n) is 70.3. The molecule has 0 saturated carbocycles. The van der Waals surface area contributed by atoms with Crippen molar-refractivity contribution in [1.82, 2.24) is 0 Å². The molecule has 26 aromatic rings. The van der Waals surface area contributed by atoms with E-state index < -0.39 is 0 Å². The van der Waals surface area contributed by atoms with Crippen molar-refractivity contribution in [3.05, 3.63) is 497 Å². The highest BCUT2D eigenvalue weighted by atomic mass is 14.3. The van der Waals surface area contributed by atoms with Crippen LogP contribution >= 0.6 is 0 Å². The van der Waals surface area contributed by atoms with E-state index in [1.807, 2.05) is 0 Å². The summed E-state index contributed by atoms with van der Waals surface area (Å²) < 4.78 is 0. The molecule has 26 rings (SSSR count). The summed E-state index contributed by atoms with van der Waals surface area (Å²) in [7, 11) is 0. The van der Waals surface area contributed by atoms with Gasteiger partial charge in [0.25, 0.3) is 0 Å². The monoisotopic (exact) mass is 1620 g/mol. The molecule has 0 saturated heterocycles.